The van der Waals surface area contributed by atoms with Crippen molar-refractivity contribution in [3.8, 4) is 45.8 Å². The number of rotatable bonds is 21. The van der Waals surface area contributed by atoms with Gasteiger partial charge in [0.05, 0.1) is 62.6 Å². The molecule has 80 heavy (non-hydrogen) atoms. The molecule has 0 aliphatic carbocycles. The van der Waals surface area contributed by atoms with Gasteiger partial charge < -0.3 is 69.4 Å². The van der Waals surface area contributed by atoms with Gasteiger partial charge >= 0.3 is 0 Å². The van der Waals surface area contributed by atoms with E-state index in [1.165, 1.54) is 18.7 Å². The van der Waals surface area contributed by atoms with Crippen molar-refractivity contribution in [1.82, 2.24) is 48.8 Å². The molecule has 0 spiro atoms. The molecule has 23 heteroatoms. The Morgan fingerprint density at radius 2 is 1.05 bits per heavy atom. The lowest BCUT2D eigenvalue weighted by molar-refractivity contribution is -0.112. The summed E-state index contributed by atoms with van der Waals surface area (Å²) in [5.41, 5.74) is 14.4. The molecule has 0 saturated carbocycles. The molecular formula is C57H73ClN16O6. The lowest BCUT2D eigenvalue weighted by atomic mass is 10.1. The van der Waals surface area contributed by atoms with Crippen molar-refractivity contribution in [2.45, 2.75) is 7.43 Å². The van der Waals surface area contributed by atoms with Crippen LogP contribution < -0.4 is 50.4 Å². The number of likely N-dealkylation sites (N-methyl/N-ethyl adjacent to an activating group) is 4. The van der Waals surface area contributed by atoms with Crippen LogP contribution in [0, 0.1) is 0 Å². The molecule has 1 amide bonds. The first kappa shape index (κ1) is 61.9. The lowest BCUT2D eigenvalue weighted by Crippen LogP contribution is -2.29. The van der Waals surface area contributed by atoms with Crippen molar-refractivity contribution in [3.63, 3.8) is 0 Å². The Balaban J connectivity index is 0.000000269. The number of carbonyl (C=O) groups is 2. The number of hydrogen-bond donors (Lipinski definition) is 4. The molecule has 5 N–H and O–H groups in total. The third-order valence-electron chi connectivity index (χ3n) is 12.4. The van der Waals surface area contributed by atoms with E-state index >= 15 is 0 Å². The Labute approximate surface area is 472 Å². The molecule has 0 bridgehead atoms. The summed E-state index contributed by atoms with van der Waals surface area (Å²) in [5, 5.41) is 10.8. The Bertz CT molecular complexity index is 3440. The molecule has 8 aromatic rings. The van der Waals surface area contributed by atoms with Gasteiger partial charge in [-0.15, -0.1) is 0 Å². The summed E-state index contributed by atoms with van der Waals surface area (Å²) in [6, 6.07) is 19.2. The molecular weight excluding hydrogens is 1040 g/mol. The Morgan fingerprint density at radius 1 is 0.613 bits per heavy atom. The van der Waals surface area contributed by atoms with Gasteiger partial charge in [0.1, 0.15) is 35.7 Å². The van der Waals surface area contributed by atoms with Gasteiger partial charge in [-0.1, -0.05) is 20.6 Å². The number of fused-ring (bicyclic) bond motifs is 2. The van der Waals surface area contributed by atoms with Crippen LogP contribution in [0.15, 0.2) is 111 Å². The Morgan fingerprint density at radius 3 is 1.46 bits per heavy atom. The number of nitrogens with two attached hydrogens (primary N) is 1. The molecule has 0 aliphatic heterocycles. The van der Waals surface area contributed by atoms with Gasteiger partial charge in [-0.2, -0.15) is 9.97 Å². The molecule has 0 radical (unpaired) electrons. The van der Waals surface area contributed by atoms with E-state index in [-0.39, 0.29) is 13.3 Å². The van der Waals surface area contributed by atoms with Crippen molar-refractivity contribution in [2.75, 3.05) is 128 Å². The Kier molecular flexibility index (Phi) is 22.1. The van der Waals surface area contributed by atoms with Crippen LogP contribution in [-0.4, -0.2) is 157 Å². The summed E-state index contributed by atoms with van der Waals surface area (Å²) >= 11 is 4.71. The Hall–Kier alpha value is -8.99. The predicted octanol–water partition coefficient (Wildman–Crippen LogP) is 8.86. The minimum Gasteiger partial charge on any atom is -0.497 e. The number of nitrogens with one attached hydrogen (secondary N) is 3. The number of benzene rings is 4. The van der Waals surface area contributed by atoms with Crippen molar-refractivity contribution in [3.05, 3.63) is 111 Å². The predicted molar refractivity (Wildman–Crippen MR) is 324 cm³/mol. The van der Waals surface area contributed by atoms with Crippen molar-refractivity contribution >= 4 is 90.6 Å². The fraction of sp³-hybridized carbons (Fsp3) is 0.298. The van der Waals surface area contributed by atoms with Crippen LogP contribution in [0.2, 0.25) is 0 Å². The quantitative estimate of drug-likeness (QED) is 0.0299. The van der Waals surface area contributed by atoms with Gasteiger partial charge in [0.2, 0.25) is 23.0 Å². The van der Waals surface area contributed by atoms with E-state index in [4.69, 9.17) is 36.3 Å². The summed E-state index contributed by atoms with van der Waals surface area (Å²) < 4.78 is 26.2. The zero-order chi connectivity index (χ0) is 57.5. The zero-order valence-electron chi connectivity index (χ0n) is 46.8. The van der Waals surface area contributed by atoms with Gasteiger partial charge in [-0.25, -0.2) is 19.9 Å². The zero-order valence-corrected chi connectivity index (χ0v) is 47.5. The van der Waals surface area contributed by atoms with E-state index in [1.54, 1.807) is 34.5 Å². The van der Waals surface area contributed by atoms with Crippen LogP contribution in [0.4, 0.5) is 46.0 Å². The maximum Gasteiger partial charge on any atom is 0.247 e. The minimum atomic E-state index is -0.509. The first-order valence-corrected chi connectivity index (χ1v) is 25.0. The topological polar surface area (TPSA) is 233 Å². The fourth-order valence-corrected chi connectivity index (χ4v) is 8.13. The second kappa shape index (κ2) is 28.6. The summed E-state index contributed by atoms with van der Waals surface area (Å²) in [6.45, 7) is 9.98. The molecule has 8 rings (SSSR count). The molecule has 4 aromatic carbocycles. The summed E-state index contributed by atoms with van der Waals surface area (Å²) in [6.07, 6.45) is 9.20. The van der Waals surface area contributed by atoms with Gasteiger partial charge in [0.15, 0.2) is 11.6 Å². The SMILES string of the molecule is C.C=CC(=O)Cl.C=CC(=O)Nc1cc(Nc2ncnc(-c3cn(C)c4ccc(OC)cc34)n2)c(OC)cc1N(C)CCN(C)C.COc1ccc2c(c1)c(-c1ncnc(Nc3cc(N)c(N(C)CCN(C)C)cc3OC)n1)cn2C. The summed E-state index contributed by atoms with van der Waals surface area (Å²) in [5.74, 6) is 4.18. The van der Waals surface area contributed by atoms with Crippen LogP contribution >= 0.6 is 11.6 Å². The number of hydrogen-bond acceptors (Lipinski definition) is 19. The first-order chi connectivity index (χ1) is 37.8. The fourth-order valence-electron chi connectivity index (χ4n) is 8.13. The number of ether oxygens (including phenoxy) is 4. The van der Waals surface area contributed by atoms with Gasteiger partial charge in [-0.05, 0) is 100 Å². The average Bonchev–Trinajstić information content (AvgIpc) is 3.96. The minimum absolute atomic E-state index is 0. The second-order valence-corrected chi connectivity index (χ2v) is 18.8. The van der Waals surface area contributed by atoms with Crippen LogP contribution in [0.1, 0.15) is 7.43 Å². The third kappa shape index (κ3) is 15.6. The summed E-state index contributed by atoms with van der Waals surface area (Å²) in [4.78, 5) is 56.9. The van der Waals surface area contributed by atoms with E-state index in [9.17, 15) is 9.59 Å². The number of allylic oxidation sites excluding steroid dienone is 1. The third-order valence-corrected chi connectivity index (χ3v) is 12.5. The largest absolute Gasteiger partial charge is 0.497 e. The lowest BCUT2D eigenvalue weighted by Gasteiger charge is -2.25. The molecule has 0 atom stereocenters. The van der Waals surface area contributed by atoms with E-state index in [2.05, 4.69) is 78.6 Å². The van der Waals surface area contributed by atoms with Gasteiger partial charge in [0, 0.05) is 112 Å². The van der Waals surface area contributed by atoms with E-state index in [1.807, 2.05) is 133 Å². The number of halogens is 1. The first-order valence-electron chi connectivity index (χ1n) is 24.7. The normalized spacial score (nSPS) is 10.6. The van der Waals surface area contributed by atoms with E-state index < -0.39 is 5.24 Å². The number of aromatic nitrogens is 8. The highest BCUT2D eigenvalue weighted by Crippen LogP contribution is 2.40. The molecule has 22 nitrogen and oxygen atoms in total. The van der Waals surface area contributed by atoms with Crippen molar-refractivity contribution < 1.29 is 28.5 Å². The molecule has 0 saturated heterocycles. The number of amides is 1. The number of anilines is 8. The van der Waals surface area contributed by atoms with Gasteiger partial charge in [0.25, 0.3) is 0 Å². The molecule has 0 fully saturated rings. The van der Waals surface area contributed by atoms with Crippen molar-refractivity contribution in [1.29, 1.82) is 0 Å². The van der Waals surface area contributed by atoms with Crippen LogP contribution in [0.5, 0.6) is 23.0 Å². The maximum absolute atomic E-state index is 12.3. The van der Waals surface area contributed by atoms with Crippen LogP contribution in [-0.2, 0) is 23.7 Å². The average molecular weight is 1110 g/mol. The highest BCUT2D eigenvalue weighted by Gasteiger charge is 2.20. The number of aryl methyl sites for hydroxylation is 2. The second-order valence-electron chi connectivity index (χ2n) is 18.4. The van der Waals surface area contributed by atoms with Gasteiger partial charge in [-0.3, -0.25) is 9.59 Å². The summed E-state index contributed by atoms with van der Waals surface area (Å²) in [7, 11) is 22.6. The number of methoxy groups -OCH3 is 4. The van der Waals surface area contributed by atoms with E-state index in [0.29, 0.717) is 57.8 Å². The number of carbonyl (C=O) groups excluding carboxylic acids is 2. The molecule has 0 aliphatic rings. The standard InChI is InChI=1S/C28H34N8O3.C25H32N8O2.C3H3ClO.CH4/c1-8-26(37)31-21-14-22(25(39-7)15-24(21)35(4)12-11-34(2)3)32-28-30-17-29-27(33-28)20-16-36(5)23-10-9-18(38-6)13-19(20)23;1-31(2)9-10-32(3)22-13-23(35-6)20(12-19(22)26)29-25-28-15-27-24(30-25)18-14-33(4)21-8-7-16(34-5)11-17(18)21;1-2-3(4)5;/h8-10,13-17H,1,11-12H2,2-7H3,(H,31,37)(H,29,30,32,33);7-8,11-15H,9-10,26H2,1-6H3,(H,27,28,29,30);2H,1H2;1H4. The highest BCUT2D eigenvalue weighted by atomic mass is 35.5. The maximum atomic E-state index is 12.3. The van der Waals surface area contributed by atoms with Crippen LogP contribution in [0.3, 0.4) is 0 Å². The smallest absolute Gasteiger partial charge is 0.247 e. The monoisotopic (exact) mass is 1110 g/mol. The molecule has 0 unspecified atom stereocenters. The molecule has 424 valence electrons. The highest BCUT2D eigenvalue weighted by molar-refractivity contribution is 6.66. The molecule has 4 heterocycles. The number of nitrogens with zero attached hydrogens (tertiary/aromatic N) is 12. The van der Waals surface area contributed by atoms with Crippen molar-refractivity contribution in [2.24, 2.45) is 14.1 Å². The van der Waals surface area contributed by atoms with Crippen LogP contribution in [0.25, 0.3) is 44.6 Å². The van der Waals surface area contributed by atoms with E-state index in [0.717, 1.165) is 88.1 Å². The number of nitrogen functional groups attached to an aromatic ring is 1. The molecule has 4 aromatic heterocycles.